The summed E-state index contributed by atoms with van der Waals surface area (Å²) in [6.07, 6.45) is 1.17. The predicted molar refractivity (Wildman–Crippen MR) is 162 cm³/mol. The van der Waals surface area contributed by atoms with Gasteiger partial charge in [0.1, 0.15) is 0 Å². The highest BCUT2D eigenvalue weighted by Crippen LogP contribution is 2.29. The highest BCUT2D eigenvalue weighted by Gasteiger charge is 2.32. The monoisotopic (exact) mass is 586 g/mol. The fraction of sp³-hybridized carbons (Fsp3) is 0.452. The minimum Gasteiger partial charge on any atom is -0.493 e. The molecule has 2 aromatic carbocycles. The van der Waals surface area contributed by atoms with Gasteiger partial charge < -0.3 is 14.4 Å². The normalized spacial score (nSPS) is 12.8. The second kappa shape index (κ2) is 13.7. The molecular weight excluding hydrogens is 544 g/mol. The lowest BCUT2D eigenvalue weighted by atomic mass is 9.87. The van der Waals surface area contributed by atoms with Gasteiger partial charge in [0.15, 0.2) is 11.5 Å². The Bertz CT molecular complexity index is 1350. The van der Waals surface area contributed by atoms with Crippen molar-refractivity contribution in [2.75, 3.05) is 27.3 Å². The molecule has 0 unspecified atom stereocenters. The number of hydrogen-bond acceptors (Lipinski definition) is 6. The van der Waals surface area contributed by atoms with Crippen LogP contribution in [-0.4, -0.2) is 56.9 Å². The quantitative estimate of drug-likeness (QED) is 0.241. The minimum absolute atomic E-state index is 0.0924. The average Bonchev–Trinajstić information content (AvgIpc) is 3.46. The molecule has 0 radical (unpaired) electrons. The van der Waals surface area contributed by atoms with Crippen LogP contribution >= 0.6 is 11.3 Å². The Hall–Kier alpha value is -2.88. The maximum Gasteiger partial charge on any atom is 0.243 e. The number of nitrogens with zero attached hydrogens (tertiary/aromatic N) is 2. The van der Waals surface area contributed by atoms with Gasteiger partial charge in [0.25, 0.3) is 0 Å². The van der Waals surface area contributed by atoms with Crippen molar-refractivity contribution in [1.29, 1.82) is 0 Å². The van der Waals surface area contributed by atoms with Gasteiger partial charge in [-0.05, 0) is 72.0 Å². The highest BCUT2D eigenvalue weighted by molar-refractivity contribution is 7.89. The molecule has 0 aliphatic carbocycles. The number of sulfonamides is 1. The molecule has 0 N–H and O–H groups in total. The van der Waals surface area contributed by atoms with E-state index < -0.39 is 10.0 Å². The van der Waals surface area contributed by atoms with E-state index in [4.69, 9.17) is 9.47 Å². The molecule has 1 atom stereocenters. The second-order valence-electron chi connectivity index (χ2n) is 10.9. The predicted octanol–water partition coefficient (Wildman–Crippen LogP) is 6.12. The molecule has 9 heteroatoms. The van der Waals surface area contributed by atoms with E-state index in [1.54, 1.807) is 42.6 Å². The van der Waals surface area contributed by atoms with Crippen molar-refractivity contribution in [2.45, 2.75) is 70.4 Å². The molecule has 0 spiro atoms. The third-order valence-electron chi connectivity index (χ3n) is 7.10. The first-order chi connectivity index (χ1) is 18.9. The number of benzene rings is 2. The van der Waals surface area contributed by atoms with Gasteiger partial charge in [0.2, 0.25) is 15.9 Å². The summed E-state index contributed by atoms with van der Waals surface area (Å²) in [7, 11) is -0.707. The van der Waals surface area contributed by atoms with Crippen molar-refractivity contribution < 1.29 is 22.7 Å². The van der Waals surface area contributed by atoms with Crippen molar-refractivity contribution >= 4 is 27.3 Å². The van der Waals surface area contributed by atoms with E-state index in [0.29, 0.717) is 37.4 Å². The van der Waals surface area contributed by atoms with Crippen LogP contribution in [0, 0.1) is 0 Å². The van der Waals surface area contributed by atoms with Crippen molar-refractivity contribution in [2.24, 2.45) is 0 Å². The summed E-state index contributed by atoms with van der Waals surface area (Å²) < 4.78 is 39.7. The molecule has 0 saturated heterocycles. The molecule has 3 rings (SSSR count). The summed E-state index contributed by atoms with van der Waals surface area (Å²) >= 11 is 1.57. The van der Waals surface area contributed by atoms with Gasteiger partial charge in [-0.1, -0.05) is 52.0 Å². The van der Waals surface area contributed by atoms with Crippen LogP contribution in [0.2, 0.25) is 0 Å². The van der Waals surface area contributed by atoms with Gasteiger partial charge >= 0.3 is 0 Å². The van der Waals surface area contributed by atoms with Crippen molar-refractivity contribution in [3.63, 3.8) is 0 Å². The molecule has 218 valence electrons. The van der Waals surface area contributed by atoms with E-state index in [2.05, 4.69) is 20.8 Å². The third-order valence-corrected chi connectivity index (χ3v) is 9.93. The summed E-state index contributed by atoms with van der Waals surface area (Å²) in [5.74, 6) is 1.04. The van der Waals surface area contributed by atoms with Crippen LogP contribution in [0.3, 0.4) is 0 Å². The lowest BCUT2D eigenvalue weighted by Crippen LogP contribution is -2.46. The fourth-order valence-corrected chi connectivity index (χ4v) is 6.73. The van der Waals surface area contributed by atoms with E-state index in [1.165, 1.54) is 4.31 Å². The van der Waals surface area contributed by atoms with Crippen molar-refractivity contribution in [3.05, 3.63) is 76.0 Å². The molecule has 0 aliphatic rings. The Labute approximate surface area is 243 Å². The Morgan fingerprint density at radius 3 is 2.23 bits per heavy atom. The van der Waals surface area contributed by atoms with Crippen LogP contribution < -0.4 is 9.47 Å². The van der Waals surface area contributed by atoms with Crippen LogP contribution in [0.15, 0.2) is 64.9 Å². The smallest absolute Gasteiger partial charge is 0.243 e. The molecule has 1 heterocycles. The van der Waals surface area contributed by atoms with E-state index in [0.717, 1.165) is 16.0 Å². The number of hydrogen-bond donors (Lipinski definition) is 0. The van der Waals surface area contributed by atoms with Crippen LogP contribution in [-0.2, 0) is 33.2 Å². The van der Waals surface area contributed by atoms with Gasteiger partial charge in [-0.3, -0.25) is 4.79 Å². The van der Waals surface area contributed by atoms with Crippen molar-refractivity contribution in [1.82, 2.24) is 9.21 Å². The topological polar surface area (TPSA) is 76.2 Å². The number of ether oxygens (including phenoxy) is 2. The first kappa shape index (κ1) is 31.6. The van der Waals surface area contributed by atoms with Crippen molar-refractivity contribution in [3.8, 4) is 11.5 Å². The fourth-order valence-electron chi connectivity index (χ4n) is 4.36. The van der Waals surface area contributed by atoms with Crippen LogP contribution in [0.5, 0.6) is 11.5 Å². The summed E-state index contributed by atoms with van der Waals surface area (Å²) in [6, 6.07) is 16.3. The first-order valence-electron chi connectivity index (χ1n) is 13.5. The summed E-state index contributed by atoms with van der Waals surface area (Å²) in [6.45, 7) is 10.7. The number of thiophene rings is 1. The molecule has 0 fully saturated rings. The van der Waals surface area contributed by atoms with E-state index in [-0.39, 0.29) is 28.8 Å². The average molecular weight is 587 g/mol. The number of methoxy groups -OCH3 is 2. The molecule has 1 aromatic heterocycles. The maximum atomic E-state index is 13.8. The Balaban J connectivity index is 1.86. The molecule has 0 bridgehead atoms. The van der Waals surface area contributed by atoms with Gasteiger partial charge in [-0.25, -0.2) is 8.42 Å². The van der Waals surface area contributed by atoms with Gasteiger partial charge in [0.05, 0.1) is 32.2 Å². The minimum atomic E-state index is -3.89. The Kier molecular flexibility index (Phi) is 10.8. The SMILES string of the molecule is CC[C@H](C)N(CC(=O)N(CCc1ccc(OC)c(OC)c1)Cc1cccs1)S(=O)(=O)c1ccc(C(C)(C)C)cc1. The number of carbonyl (C=O) groups is 1. The van der Waals surface area contributed by atoms with Gasteiger partial charge in [-0.2, -0.15) is 4.31 Å². The van der Waals surface area contributed by atoms with Gasteiger partial charge in [0, 0.05) is 17.5 Å². The summed E-state index contributed by atoms with van der Waals surface area (Å²) in [5, 5.41) is 1.98. The molecule has 40 heavy (non-hydrogen) atoms. The standard InChI is InChI=1S/C31H42N2O5S2/c1-8-23(2)33(40(35,36)27-14-12-25(13-15-27)31(3,4)5)22-30(34)32(21-26-10-9-19-39-26)18-17-24-11-16-28(37-6)29(20-24)38-7/h9-16,19-20,23H,8,17-18,21-22H2,1-7H3/t23-/m0/s1. The largest absolute Gasteiger partial charge is 0.493 e. The Morgan fingerprint density at radius 1 is 1.00 bits per heavy atom. The zero-order valence-corrected chi connectivity index (χ0v) is 26.3. The second-order valence-corrected chi connectivity index (χ2v) is 13.8. The zero-order valence-electron chi connectivity index (χ0n) is 24.6. The molecule has 1 amide bonds. The highest BCUT2D eigenvalue weighted by atomic mass is 32.2. The van der Waals surface area contributed by atoms with Crippen LogP contribution in [0.1, 0.15) is 57.0 Å². The van der Waals surface area contributed by atoms with Gasteiger partial charge in [-0.15, -0.1) is 11.3 Å². The lowest BCUT2D eigenvalue weighted by Gasteiger charge is -2.30. The molecule has 0 saturated carbocycles. The molecule has 0 aliphatic heterocycles. The van der Waals surface area contributed by atoms with E-state index in [9.17, 15) is 13.2 Å². The lowest BCUT2D eigenvalue weighted by molar-refractivity contribution is -0.132. The molecule has 7 nitrogen and oxygen atoms in total. The zero-order chi connectivity index (χ0) is 29.5. The number of carbonyl (C=O) groups excluding carboxylic acids is 1. The number of rotatable bonds is 13. The molecular formula is C31H42N2O5S2. The van der Waals surface area contributed by atoms with E-state index in [1.807, 2.05) is 61.7 Å². The first-order valence-corrected chi connectivity index (χ1v) is 15.9. The third kappa shape index (κ3) is 7.86. The van der Waals surface area contributed by atoms with E-state index >= 15 is 0 Å². The Morgan fingerprint density at radius 2 is 1.68 bits per heavy atom. The summed E-state index contributed by atoms with van der Waals surface area (Å²) in [5.41, 5.74) is 1.95. The molecule has 3 aromatic rings. The number of amides is 1. The maximum absolute atomic E-state index is 13.8. The van der Waals surface area contributed by atoms with Crippen LogP contribution in [0.4, 0.5) is 0 Å². The van der Waals surface area contributed by atoms with Crippen LogP contribution in [0.25, 0.3) is 0 Å². The summed E-state index contributed by atoms with van der Waals surface area (Å²) in [4.78, 5) is 16.8.